The summed E-state index contributed by atoms with van der Waals surface area (Å²) >= 11 is 0. The fourth-order valence-electron chi connectivity index (χ4n) is 1.97. The van der Waals surface area contributed by atoms with E-state index in [9.17, 15) is 4.79 Å². The summed E-state index contributed by atoms with van der Waals surface area (Å²) in [5, 5.41) is 11.3. The Morgan fingerprint density at radius 1 is 1.35 bits per heavy atom. The molecule has 2 aromatic rings. The number of nitrogens with two attached hydrogens (primary N) is 1. The molecule has 0 aliphatic rings. The number of hydrogen-bond donors (Lipinski definition) is 3. The third-order valence-corrected chi connectivity index (χ3v) is 2.94. The van der Waals surface area contributed by atoms with Crippen molar-refractivity contribution in [2.45, 2.75) is 13.5 Å². The Balaban J connectivity index is 0.00000264. The van der Waals surface area contributed by atoms with Gasteiger partial charge in [-0.2, -0.15) is 0 Å². The standard InChI is InChI=1S/C16H19N3O3.ClH/c1-11-7-12(10-17)8-15(19-11)22-14-4-2-3-13(9-14)16(21)18-5-6-20;/h2-4,7-9,20H,5-6,10,17H2,1H3,(H,18,21);1H. The van der Waals surface area contributed by atoms with E-state index in [0.717, 1.165) is 11.3 Å². The van der Waals surface area contributed by atoms with Gasteiger partial charge in [-0.1, -0.05) is 6.07 Å². The summed E-state index contributed by atoms with van der Waals surface area (Å²) in [6.45, 7) is 2.38. The average Bonchev–Trinajstić information content (AvgIpc) is 2.52. The number of nitrogens with one attached hydrogen (secondary N) is 1. The number of benzene rings is 1. The van der Waals surface area contributed by atoms with E-state index in [4.69, 9.17) is 15.6 Å². The summed E-state index contributed by atoms with van der Waals surface area (Å²) in [7, 11) is 0. The lowest BCUT2D eigenvalue weighted by atomic mass is 10.2. The zero-order valence-corrected chi connectivity index (χ0v) is 13.6. The average molecular weight is 338 g/mol. The SMILES string of the molecule is Cc1cc(CN)cc(Oc2cccc(C(=O)NCCO)c2)n1.Cl. The molecule has 1 amide bonds. The molecule has 23 heavy (non-hydrogen) atoms. The molecular formula is C16H20ClN3O3. The fraction of sp³-hybridized carbons (Fsp3) is 0.250. The van der Waals surface area contributed by atoms with Crippen LogP contribution in [0.25, 0.3) is 0 Å². The predicted molar refractivity (Wildman–Crippen MR) is 90.0 cm³/mol. The maximum atomic E-state index is 11.9. The molecule has 0 saturated carbocycles. The number of ether oxygens (including phenoxy) is 1. The predicted octanol–water partition coefficient (Wildman–Crippen LogP) is 1.78. The third-order valence-electron chi connectivity index (χ3n) is 2.94. The summed E-state index contributed by atoms with van der Waals surface area (Å²) in [5.74, 6) is 0.686. The van der Waals surface area contributed by atoms with Crippen LogP contribution in [0, 0.1) is 6.92 Å². The quantitative estimate of drug-likeness (QED) is 0.746. The van der Waals surface area contributed by atoms with Crippen molar-refractivity contribution < 1.29 is 14.6 Å². The molecule has 0 atom stereocenters. The van der Waals surface area contributed by atoms with E-state index in [1.807, 2.05) is 13.0 Å². The van der Waals surface area contributed by atoms with Gasteiger partial charge in [0.05, 0.1) is 6.61 Å². The van der Waals surface area contributed by atoms with E-state index in [2.05, 4.69) is 10.3 Å². The van der Waals surface area contributed by atoms with Gasteiger partial charge in [0.15, 0.2) is 0 Å². The molecule has 1 aromatic carbocycles. The number of aromatic nitrogens is 1. The first kappa shape index (κ1) is 18.9. The molecule has 0 unspecified atom stereocenters. The number of amides is 1. The summed E-state index contributed by atoms with van der Waals surface area (Å²) < 4.78 is 5.70. The molecule has 0 fully saturated rings. The summed E-state index contributed by atoms with van der Waals surface area (Å²) in [4.78, 5) is 16.1. The summed E-state index contributed by atoms with van der Waals surface area (Å²) in [5.41, 5.74) is 7.84. The normalized spacial score (nSPS) is 9.87. The van der Waals surface area contributed by atoms with Crippen molar-refractivity contribution in [3.8, 4) is 11.6 Å². The monoisotopic (exact) mass is 337 g/mol. The minimum atomic E-state index is -0.264. The number of nitrogens with zero attached hydrogens (tertiary/aromatic N) is 1. The van der Waals surface area contributed by atoms with Crippen molar-refractivity contribution in [2.24, 2.45) is 5.73 Å². The number of carbonyl (C=O) groups excluding carboxylic acids is 1. The summed E-state index contributed by atoms with van der Waals surface area (Å²) in [6.07, 6.45) is 0. The van der Waals surface area contributed by atoms with Crippen LogP contribution in [0.3, 0.4) is 0 Å². The number of aliphatic hydroxyl groups is 1. The van der Waals surface area contributed by atoms with Crippen molar-refractivity contribution in [3.63, 3.8) is 0 Å². The van der Waals surface area contributed by atoms with Crippen LogP contribution in [0.4, 0.5) is 0 Å². The van der Waals surface area contributed by atoms with Gasteiger partial charge < -0.3 is 20.9 Å². The first-order valence-corrected chi connectivity index (χ1v) is 6.97. The Labute approximate surface area is 141 Å². The van der Waals surface area contributed by atoms with Crippen molar-refractivity contribution in [2.75, 3.05) is 13.2 Å². The maximum absolute atomic E-state index is 11.9. The number of aliphatic hydroxyl groups excluding tert-OH is 1. The Kier molecular flexibility index (Phi) is 7.47. The van der Waals surface area contributed by atoms with Crippen molar-refractivity contribution >= 4 is 18.3 Å². The largest absolute Gasteiger partial charge is 0.439 e. The topological polar surface area (TPSA) is 97.5 Å². The Morgan fingerprint density at radius 3 is 2.83 bits per heavy atom. The minimum absolute atomic E-state index is 0. The zero-order valence-electron chi connectivity index (χ0n) is 12.8. The van der Waals surface area contributed by atoms with E-state index in [0.29, 0.717) is 23.7 Å². The Bertz CT molecular complexity index is 665. The number of hydrogen-bond acceptors (Lipinski definition) is 5. The van der Waals surface area contributed by atoms with Gasteiger partial charge in [-0.3, -0.25) is 4.79 Å². The molecule has 1 aromatic heterocycles. The van der Waals surface area contributed by atoms with Crippen molar-refractivity contribution in [1.82, 2.24) is 10.3 Å². The second kappa shape index (κ2) is 9.09. The highest BCUT2D eigenvalue weighted by molar-refractivity contribution is 5.94. The Hall–Kier alpha value is -2.15. The third kappa shape index (κ3) is 5.52. The molecule has 2 rings (SSSR count). The molecule has 4 N–H and O–H groups in total. The molecule has 6 nitrogen and oxygen atoms in total. The van der Waals surface area contributed by atoms with Crippen LogP contribution in [-0.4, -0.2) is 29.1 Å². The summed E-state index contributed by atoms with van der Waals surface area (Å²) in [6, 6.07) is 10.4. The van der Waals surface area contributed by atoms with E-state index in [1.54, 1.807) is 30.3 Å². The fourth-order valence-corrected chi connectivity index (χ4v) is 1.97. The van der Waals surface area contributed by atoms with Crippen LogP contribution in [0.1, 0.15) is 21.6 Å². The smallest absolute Gasteiger partial charge is 0.251 e. The van der Waals surface area contributed by atoms with Gasteiger partial charge in [0.25, 0.3) is 5.91 Å². The lowest BCUT2D eigenvalue weighted by molar-refractivity contribution is 0.0944. The lowest BCUT2D eigenvalue weighted by Crippen LogP contribution is -2.26. The van der Waals surface area contributed by atoms with Gasteiger partial charge in [0, 0.05) is 30.4 Å². The van der Waals surface area contributed by atoms with Gasteiger partial charge in [-0.15, -0.1) is 12.4 Å². The number of pyridine rings is 1. The van der Waals surface area contributed by atoms with Crippen LogP contribution in [0.15, 0.2) is 36.4 Å². The second-order valence-corrected chi connectivity index (χ2v) is 4.77. The number of halogens is 1. The molecule has 0 aliphatic heterocycles. The zero-order chi connectivity index (χ0) is 15.9. The molecule has 124 valence electrons. The number of aryl methyl sites for hydroxylation is 1. The van der Waals surface area contributed by atoms with Gasteiger partial charge >= 0.3 is 0 Å². The van der Waals surface area contributed by atoms with E-state index in [-0.39, 0.29) is 31.5 Å². The number of carbonyl (C=O) groups is 1. The highest BCUT2D eigenvalue weighted by atomic mass is 35.5. The maximum Gasteiger partial charge on any atom is 0.251 e. The molecule has 0 bridgehead atoms. The van der Waals surface area contributed by atoms with Crippen molar-refractivity contribution in [1.29, 1.82) is 0 Å². The van der Waals surface area contributed by atoms with Crippen LogP contribution >= 0.6 is 12.4 Å². The molecule has 1 heterocycles. The highest BCUT2D eigenvalue weighted by Crippen LogP contribution is 2.22. The first-order chi connectivity index (χ1) is 10.6. The van der Waals surface area contributed by atoms with Crippen LogP contribution in [0.2, 0.25) is 0 Å². The number of rotatable bonds is 6. The van der Waals surface area contributed by atoms with E-state index >= 15 is 0 Å². The van der Waals surface area contributed by atoms with Gasteiger partial charge in [0.2, 0.25) is 5.88 Å². The highest BCUT2D eigenvalue weighted by Gasteiger charge is 2.07. The van der Waals surface area contributed by atoms with Crippen LogP contribution in [0.5, 0.6) is 11.6 Å². The molecule has 0 spiro atoms. The van der Waals surface area contributed by atoms with Gasteiger partial charge in [0.1, 0.15) is 5.75 Å². The first-order valence-electron chi connectivity index (χ1n) is 6.97. The van der Waals surface area contributed by atoms with E-state index < -0.39 is 0 Å². The molecule has 0 radical (unpaired) electrons. The molecule has 0 aliphatic carbocycles. The second-order valence-electron chi connectivity index (χ2n) is 4.77. The van der Waals surface area contributed by atoms with Crippen LogP contribution in [-0.2, 0) is 6.54 Å². The van der Waals surface area contributed by atoms with Gasteiger partial charge in [-0.25, -0.2) is 4.98 Å². The lowest BCUT2D eigenvalue weighted by Gasteiger charge is -2.09. The Morgan fingerprint density at radius 2 is 2.13 bits per heavy atom. The van der Waals surface area contributed by atoms with E-state index in [1.165, 1.54) is 0 Å². The molecular weight excluding hydrogens is 318 g/mol. The molecule has 7 heteroatoms. The molecule has 0 saturated heterocycles. The van der Waals surface area contributed by atoms with Crippen LogP contribution < -0.4 is 15.8 Å². The van der Waals surface area contributed by atoms with Crippen molar-refractivity contribution in [3.05, 3.63) is 53.2 Å². The van der Waals surface area contributed by atoms with Gasteiger partial charge in [-0.05, 0) is 36.8 Å². The minimum Gasteiger partial charge on any atom is -0.439 e.